The molecular formula is C16H17FN2O2. The number of halogens is 1. The van der Waals surface area contributed by atoms with Gasteiger partial charge in [-0.1, -0.05) is 18.2 Å². The summed E-state index contributed by atoms with van der Waals surface area (Å²) in [5.41, 5.74) is 2.71. The second-order valence-corrected chi connectivity index (χ2v) is 5.08. The van der Waals surface area contributed by atoms with Gasteiger partial charge in [-0.15, -0.1) is 0 Å². The van der Waals surface area contributed by atoms with Crippen LogP contribution in [0.1, 0.15) is 29.7 Å². The Morgan fingerprint density at radius 1 is 1.24 bits per heavy atom. The summed E-state index contributed by atoms with van der Waals surface area (Å²) in [6.45, 7) is 5.30. The highest BCUT2D eigenvalue weighted by Gasteiger charge is 2.15. The summed E-state index contributed by atoms with van der Waals surface area (Å²) in [5.74, 6) is -0.253. The molecule has 2 rings (SSSR count). The van der Waals surface area contributed by atoms with Gasteiger partial charge in [-0.05, 0) is 44.0 Å². The fourth-order valence-corrected chi connectivity index (χ4v) is 2.17. The second-order valence-electron chi connectivity index (χ2n) is 5.08. The predicted molar refractivity (Wildman–Crippen MR) is 81.0 cm³/mol. The van der Waals surface area contributed by atoms with Gasteiger partial charge >= 0.3 is 0 Å². The van der Waals surface area contributed by atoms with E-state index in [1.54, 1.807) is 32.0 Å². The highest BCUT2D eigenvalue weighted by atomic mass is 19.1. The van der Waals surface area contributed by atoms with E-state index in [2.05, 4.69) is 5.32 Å². The molecule has 5 heteroatoms. The van der Waals surface area contributed by atoms with E-state index in [0.29, 0.717) is 16.8 Å². The molecule has 0 aliphatic heterocycles. The number of hydrogen-bond donors (Lipinski definition) is 1. The van der Waals surface area contributed by atoms with Crippen molar-refractivity contribution in [1.82, 2.24) is 0 Å². The first-order valence-corrected chi connectivity index (χ1v) is 6.66. The van der Waals surface area contributed by atoms with Gasteiger partial charge in [-0.25, -0.2) is 4.39 Å². The summed E-state index contributed by atoms with van der Waals surface area (Å²) in [7, 11) is 0. The molecule has 21 heavy (non-hydrogen) atoms. The smallest absolute Gasteiger partial charge is 0.274 e. The average molecular weight is 288 g/mol. The lowest BCUT2D eigenvalue weighted by Gasteiger charge is -2.18. The van der Waals surface area contributed by atoms with Gasteiger partial charge in [0.25, 0.3) is 5.69 Å². The molecule has 0 heterocycles. The molecular weight excluding hydrogens is 271 g/mol. The van der Waals surface area contributed by atoms with Crippen LogP contribution in [0.25, 0.3) is 0 Å². The lowest BCUT2D eigenvalue weighted by Crippen LogP contribution is -2.09. The van der Waals surface area contributed by atoms with Gasteiger partial charge in [0.15, 0.2) is 0 Å². The Bertz CT molecular complexity index is 686. The van der Waals surface area contributed by atoms with E-state index < -0.39 is 4.92 Å². The maximum Gasteiger partial charge on any atom is 0.274 e. The van der Waals surface area contributed by atoms with E-state index in [0.717, 1.165) is 5.56 Å². The van der Waals surface area contributed by atoms with Crippen LogP contribution in [0.3, 0.4) is 0 Å². The predicted octanol–water partition coefficient (Wildman–Crippen LogP) is 4.52. The van der Waals surface area contributed by atoms with Crippen molar-refractivity contribution >= 4 is 11.4 Å². The third kappa shape index (κ3) is 3.18. The lowest BCUT2D eigenvalue weighted by molar-refractivity contribution is -0.385. The second kappa shape index (κ2) is 5.91. The van der Waals surface area contributed by atoms with Gasteiger partial charge in [0.05, 0.1) is 4.92 Å². The summed E-state index contributed by atoms with van der Waals surface area (Å²) < 4.78 is 13.6. The van der Waals surface area contributed by atoms with Crippen LogP contribution in [0.2, 0.25) is 0 Å². The third-order valence-corrected chi connectivity index (χ3v) is 3.57. The van der Waals surface area contributed by atoms with Crippen LogP contribution in [0, 0.1) is 29.8 Å². The molecule has 0 saturated heterocycles. The van der Waals surface area contributed by atoms with Gasteiger partial charge in [0.2, 0.25) is 0 Å². The van der Waals surface area contributed by atoms with Crippen molar-refractivity contribution in [3.05, 3.63) is 69.0 Å². The molecule has 0 bridgehead atoms. The number of hydrogen-bond acceptors (Lipinski definition) is 3. The fraction of sp³-hybridized carbons (Fsp3) is 0.250. The normalized spacial score (nSPS) is 12.0. The van der Waals surface area contributed by atoms with E-state index in [9.17, 15) is 14.5 Å². The minimum Gasteiger partial charge on any atom is -0.378 e. The van der Waals surface area contributed by atoms with E-state index in [1.165, 1.54) is 12.1 Å². The van der Waals surface area contributed by atoms with Crippen molar-refractivity contribution in [1.29, 1.82) is 0 Å². The average Bonchev–Trinajstić information content (AvgIpc) is 2.43. The number of aryl methyl sites for hydroxylation is 1. The molecule has 2 aromatic rings. The van der Waals surface area contributed by atoms with Crippen LogP contribution in [0.15, 0.2) is 36.4 Å². The number of nitrogens with zero attached hydrogens (tertiary/aromatic N) is 1. The Morgan fingerprint density at radius 2 is 1.95 bits per heavy atom. The Kier molecular flexibility index (Phi) is 4.21. The number of nitro benzene ring substituents is 1. The van der Waals surface area contributed by atoms with Crippen molar-refractivity contribution in [3.8, 4) is 0 Å². The summed E-state index contributed by atoms with van der Waals surface area (Å²) in [5, 5.41) is 14.1. The first kappa shape index (κ1) is 15.0. The molecule has 0 aliphatic carbocycles. The minimum atomic E-state index is -0.406. The first-order chi connectivity index (χ1) is 9.90. The van der Waals surface area contributed by atoms with Crippen molar-refractivity contribution in [2.45, 2.75) is 26.8 Å². The van der Waals surface area contributed by atoms with Crippen molar-refractivity contribution in [3.63, 3.8) is 0 Å². The summed E-state index contributed by atoms with van der Waals surface area (Å²) in [6, 6.07) is 9.79. The molecule has 1 unspecified atom stereocenters. The summed E-state index contributed by atoms with van der Waals surface area (Å²) >= 11 is 0. The fourth-order valence-electron chi connectivity index (χ4n) is 2.17. The van der Waals surface area contributed by atoms with Gasteiger partial charge in [0.1, 0.15) is 5.82 Å². The van der Waals surface area contributed by atoms with Crippen LogP contribution >= 0.6 is 0 Å². The zero-order chi connectivity index (χ0) is 15.6. The summed E-state index contributed by atoms with van der Waals surface area (Å²) in [6.07, 6.45) is 0. The first-order valence-electron chi connectivity index (χ1n) is 6.66. The highest BCUT2D eigenvalue weighted by molar-refractivity contribution is 5.60. The van der Waals surface area contributed by atoms with Gasteiger partial charge in [-0.2, -0.15) is 0 Å². The number of nitro groups is 1. The SMILES string of the molecule is Cc1ccc(C(C)Nc2cccc([N+](=O)[O-])c2C)cc1F. The Morgan fingerprint density at radius 3 is 2.57 bits per heavy atom. The number of anilines is 1. The van der Waals surface area contributed by atoms with E-state index >= 15 is 0 Å². The molecule has 0 radical (unpaired) electrons. The van der Waals surface area contributed by atoms with Gasteiger partial charge in [-0.3, -0.25) is 10.1 Å². The van der Waals surface area contributed by atoms with Crippen LogP contribution in [0.5, 0.6) is 0 Å². The molecule has 0 aromatic heterocycles. The Hall–Kier alpha value is -2.43. The molecule has 2 aromatic carbocycles. The number of benzene rings is 2. The number of rotatable bonds is 4. The monoisotopic (exact) mass is 288 g/mol. The van der Waals surface area contributed by atoms with Crippen LogP contribution in [0.4, 0.5) is 15.8 Å². The third-order valence-electron chi connectivity index (χ3n) is 3.57. The van der Waals surface area contributed by atoms with Crippen LogP contribution in [-0.4, -0.2) is 4.92 Å². The molecule has 0 fully saturated rings. The quantitative estimate of drug-likeness (QED) is 0.664. The Balaban J connectivity index is 2.27. The van der Waals surface area contributed by atoms with Crippen LogP contribution < -0.4 is 5.32 Å². The largest absolute Gasteiger partial charge is 0.378 e. The van der Waals surface area contributed by atoms with Crippen LogP contribution in [-0.2, 0) is 0 Å². The number of nitrogens with one attached hydrogen (secondary N) is 1. The molecule has 0 spiro atoms. The standard InChI is InChI=1S/C16H17FN2O2/c1-10-7-8-13(9-14(10)17)12(3)18-15-5-4-6-16(11(15)2)19(20)21/h4-9,12,18H,1-3H3. The zero-order valence-corrected chi connectivity index (χ0v) is 12.2. The zero-order valence-electron chi connectivity index (χ0n) is 12.2. The van der Waals surface area contributed by atoms with Crippen molar-refractivity contribution in [2.75, 3.05) is 5.32 Å². The highest BCUT2D eigenvalue weighted by Crippen LogP contribution is 2.28. The van der Waals surface area contributed by atoms with Crippen molar-refractivity contribution < 1.29 is 9.31 Å². The molecule has 1 N–H and O–H groups in total. The molecule has 0 amide bonds. The topological polar surface area (TPSA) is 55.2 Å². The Labute approximate surface area is 122 Å². The van der Waals surface area contributed by atoms with E-state index in [4.69, 9.17) is 0 Å². The van der Waals surface area contributed by atoms with Gasteiger partial charge < -0.3 is 5.32 Å². The molecule has 0 aliphatic rings. The van der Waals surface area contributed by atoms with Gasteiger partial charge in [0, 0.05) is 23.4 Å². The summed E-state index contributed by atoms with van der Waals surface area (Å²) in [4.78, 5) is 10.5. The maximum atomic E-state index is 13.6. The van der Waals surface area contributed by atoms with E-state index in [-0.39, 0.29) is 17.5 Å². The molecule has 1 atom stereocenters. The maximum absolute atomic E-state index is 13.6. The molecule has 4 nitrogen and oxygen atoms in total. The lowest BCUT2D eigenvalue weighted by atomic mass is 10.0. The minimum absolute atomic E-state index is 0.0716. The van der Waals surface area contributed by atoms with E-state index in [1.807, 2.05) is 13.0 Å². The van der Waals surface area contributed by atoms with Crippen molar-refractivity contribution in [2.24, 2.45) is 0 Å². The molecule has 0 saturated carbocycles. The molecule has 110 valence electrons.